The van der Waals surface area contributed by atoms with Crippen LogP contribution in [0.25, 0.3) is 0 Å². The van der Waals surface area contributed by atoms with Gasteiger partial charge in [0, 0.05) is 13.0 Å². The van der Waals surface area contributed by atoms with Crippen LogP contribution >= 0.6 is 0 Å². The van der Waals surface area contributed by atoms with Crippen LogP contribution < -0.4 is 10.1 Å². The minimum absolute atomic E-state index is 0.110. The predicted octanol–water partition coefficient (Wildman–Crippen LogP) is -1.08. The van der Waals surface area contributed by atoms with Gasteiger partial charge in [-0.3, -0.25) is 9.59 Å². The number of ketones is 1. The first-order valence-corrected chi connectivity index (χ1v) is 7.64. The Morgan fingerprint density at radius 1 is 1.24 bits per heavy atom. The van der Waals surface area contributed by atoms with Crippen LogP contribution in [-0.2, 0) is 9.53 Å². The highest BCUT2D eigenvalue weighted by Gasteiger charge is 2.46. The van der Waals surface area contributed by atoms with E-state index in [1.54, 1.807) is 0 Å². The van der Waals surface area contributed by atoms with E-state index in [0.29, 0.717) is 0 Å². The normalized spacial score (nSPS) is 29.1. The molecular formula is C16H21NO8. The summed E-state index contributed by atoms with van der Waals surface area (Å²) in [4.78, 5) is 22.7. The lowest BCUT2D eigenvalue weighted by Crippen LogP contribution is -2.65. The molecular weight excluding hydrogens is 334 g/mol. The number of Topliss-reactive ketones (excluding diaryl/α,β-unsaturated/α-hetero) is 1. The first-order chi connectivity index (χ1) is 11.7. The lowest BCUT2D eigenvalue weighted by Gasteiger charge is -2.42. The Bertz CT molecular complexity index is 649. The van der Waals surface area contributed by atoms with Gasteiger partial charge in [-0.25, -0.2) is 0 Å². The molecule has 9 heteroatoms. The second kappa shape index (κ2) is 7.79. The van der Waals surface area contributed by atoms with Crippen molar-refractivity contribution >= 4 is 11.7 Å². The van der Waals surface area contributed by atoms with E-state index in [0.717, 1.165) is 0 Å². The van der Waals surface area contributed by atoms with E-state index < -0.39 is 43.2 Å². The van der Waals surface area contributed by atoms with Crippen molar-refractivity contribution in [2.75, 3.05) is 6.61 Å². The lowest BCUT2D eigenvalue weighted by molar-refractivity contribution is -0.244. The molecule has 0 saturated carbocycles. The second-order valence-corrected chi connectivity index (χ2v) is 5.79. The SMILES string of the molecule is CC(=O)N[C@@H]1[C@H](Oc2ccc(C(C)=O)c(O)c2)O[C@H](CO)[C@H](O)[C@H]1O. The Kier molecular flexibility index (Phi) is 5.96. The van der Waals surface area contributed by atoms with Crippen LogP contribution in [0.15, 0.2) is 18.2 Å². The predicted molar refractivity (Wildman–Crippen MR) is 84.1 cm³/mol. The summed E-state index contributed by atoms with van der Waals surface area (Å²) in [5.41, 5.74) is 0.110. The number of ether oxygens (including phenoxy) is 2. The summed E-state index contributed by atoms with van der Waals surface area (Å²) in [5.74, 6) is -0.988. The summed E-state index contributed by atoms with van der Waals surface area (Å²) >= 11 is 0. The zero-order chi connectivity index (χ0) is 18.7. The molecule has 1 aromatic rings. The van der Waals surface area contributed by atoms with Crippen molar-refractivity contribution in [2.45, 2.75) is 44.5 Å². The Hall–Kier alpha value is -2.20. The number of aliphatic hydroxyl groups excluding tert-OH is 3. The van der Waals surface area contributed by atoms with Crippen molar-refractivity contribution in [1.29, 1.82) is 0 Å². The molecule has 5 atom stereocenters. The second-order valence-electron chi connectivity index (χ2n) is 5.79. The molecule has 138 valence electrons. The minimum Gasteiger partial charge on any atom is -0.507 e. The van der Waals surface area contributed by atoms with Crippen LogP contribution in [0.1, 0.15) is 24.2 Å². The number of nitrogens with one attached hydrogen (secondary N) is 1. The fourth-order valence-corrected chi connectivity index (χ4v) is 2.59. The molecule has 1 fully saturated rings. The number of phenols is 1. The first kappa shape index (κ1) is 19.1. The van der Waals surface area contributed by atoms with Gasteiger partial charge >= 0.3 is 0 Å². The number of benzene rings is 1. The molecule has 0 radical (unpaired) electrons. The molecule has 2 rings (SSSR count). The highest BCUT2D eigenvalue weighted by atomic mass is 16.7. The molecule has 25 heavy (non-hydrogen) atoms. The fraction of sp³-hybridized carbons (Fsp3) is 0.500. The maximum absolute atomic E-state index is 11.3. The smallest absolute Gasteiger partial charge is 0.223 e. The number of carbonyl (C=O) groups excluding carboxylic acids is 2. The quantitative estimate of drug-likeness (QED) is 0.419. The molecule has 1 saturated heterocycles. The molecule has 1 aliphatic heterocycles. The Balaban J connectivity index is 2.25. The standard InChI is InChI=1S/C16H21NO8/c1-7(19)10-4-3-9(5-11(10)21)24-16-13(17-8(2)20)15(23)14(22)12(6-18)25-16/h3-5,12-16,18,21-23H,6H2,1-2H3,(H,17,20)/t12-,13+,14+,15+,16-/m1/s1. The molecule has 1 amide bonds. The van der Waals surface area contributed by atoms with Crippen molar-refractivity contribution in [1.82, 2.24) is 5.32 Å². The molecule has 0 aliphatic carbocycles. The molecule has 9 nitrogen and oxygen atoms in total. The van der Waals surface area contributed by atoms with E-state index in [4.69, 9.17) is 9.47 Å². The summed E-state index contributed by atoms with van der Waals surface area (Å²) in [6.45, 7) is 1.96. The van der Waals surface area contributed by atoms with Crippen LogP contribution in [0.3, 0.4) is 0 Å². The summed E-state index contributed by atoms with van der Waals surface area (Å²) in [6, 6.07) is 2.86. The summed E-state index contributed by atoms with van der Waals surface area (Å²) in [6.07, 6.45) is -5.21. The lowest BCUT2D eigenvalue weighted by atomic mass is 9.97. The molecule has 1 aliphatic rings. The topological polar surface area (TPSA) is 146 Å². The van der Waals surface area contributed by atoms with Crippen molar-refractivity contribution in [3.05, 3.63) is 23.8 Å². The molecule has 0 spiro atoms. The fourth-order valence-electron chi connectivity index (χ4n) is 2.59. The monoisotopic (exact) mass is 355 g/mol. The van der Waals surface area contributed by atoms with Gasteiger partial charge in [0.15, 0.2) is 5.78 Å². The average molecular weight is 355 g/mol. The van der Waals surface area contributed by atoms with E-state index in [2.05, 4.69) is 5.32 Å². The van der Waals surface area contributed by atoms with Gasteiger partial charge < -0.3 is 35.2 Å². The van der Waals surface area contributed by atoms with E-state index in [1.165, 1.54) is 32.0 Å². The third-order valence-electron chi connectivity index (χ3n) is 3.85. The van der Waals surface area contributed by atoms with Gasteiger partial charge in [-0.05, 0) is 19.1 Å². The molecule has 1 heterocycles. The first-order valence-electron chi connectivity index (χ1n) is 7.64. The third-order valence-corrected chi connectivity index (χ3v) is 3.85. The minimum atomic E-state index is -1.44. The van der Waals surface area contributed by atoms with Crippen LogP contribution in [0.5, 0.6) is 11.5 Å². The van der Waals surface area contributed by atoms with Gasteiger partial charge in [-0.2, -0.15) is 0 Å². The van der Waals surface area contributed by atoms with Crippen molar-refractivity contribution < 1.29 is 39.5 Å². The van der Waals surface area contributed by atoms with Crippen LogP contribution in [0.4, 0.5) is 0 Å². The van der Waals surface area contributed by atoms with Crippen molar-refractivity contribution in [3.63, 3.8) is 0 Å². The number of phenolic OH excluding ortho intramolecular Hbond substituents is 1. The van der Waals surface area contributed by atoms with Crippen LogP contribution in [-0.4, -0.2) is 69.4 Å². The maximum atomic E-state index is 11.3. The van der Waals surface area contributed by atoms with Gasteiger partial charge in [-0.1, -0.05) is 0 Å². The van der Waals surface area contributed by atoms with Crippen molar-refractivity contribution in [2.24, 2.45) is 0 Å². The summed E-state index contributed by atoms with van der Waals surface area (Å²) in [5, 5.41) is 41.6. The molecule has 0 bridgehead atoms. The van der Waals surface area contributed by atoms with Crippen LogP contribution in [0, 0.1) is 0 Å². The van der Waals surface area contributed by atoms with Crippen LogP contribution in [0.2, 0.25) is 0 Å². The number of rotatable bonds is 5. The number of amides is 1. The number of aliphatic hydroxyl groups is 3. The summed E-state index contributed by atoms with van der Waals surface area (Å²) in [7, 11) is 0. The van der Waals surface area contributed by atoms with E-state index in [1.807, 2.05) is 0 Å². The molecule has 0 unspecified atom stereocenters. The maximum Gasteiger partial charge on any atom is 0.223 e. The molecule has 1 aromatic carbocycles. The zero-order valence-corrected chi connectivity index (χ0v) is 13.7. The average Bonchev–Trinajstić information content (AvgIpc) is 2.53. The van der Waals surface area contributed by atoms with Gasteiger partial charge in [0.25, 0.3) is 0 Å². The van der Waals surface area contributed by atoms with Gasteiger partial charge in [0.1, 0.15) is 35.9 Å². The van der Waals surface area contributed by atoms with E-state index >= 15 is 0 Å². The number of carbonyl (C=O) groups is 2. The highest BCUT2D eigenvalue weighted by molar-refractivity contribution is 5.96. The number of hydrogen-bond donors (Lipinski definition) is 5. The third kappa shape index (κ3) is 4.26. The Labute approximate surface area is 143 Å². The Morgan fingerprint density at radius 2 is 1.92 bits per heavy atom. The zero-order valence-electron chi connectivity index (χ0n) is 13.7. The van der Waals surface area contributed by atoms with E-state index in [-0.39, 0.29) is 22.8 Å². The summed E-state index contributed by atoms with van der Waals surface area (Å²) < 4.78 is 11.0. The highest BCUT2D eigenvalue weighted by Crippen LogP contribution is 2.28. The Morgan fingerprint density at radius 3 is 2.44 bits per heavy atom. The van der Waals surface area contributed by atoms with Gasteiger partial charge in [-0.15, -0.1) is 0 Å². The van der Waals surface area contributed by atoms with Gasteiger partial charge in [0.2, 0.25) is 12.2 Å². The van der Waals surface area contributed by atoms with Crippen molar-refractivity contribution in [3.8, 4) is 11.5 Å². The van der Waals surface area contributed by atoms with Gasteiger partial charge in [0.05, 0.1) is 12.2 Å². The van der Waals surface area contributed by atoms with E-state index in [9.17, 15) is 30.0 Å². The largest absolute Gasteiger partial charge is 0.507 e. The molecule has 5 N–H and O–H groups in total. The number of hydrogen-bond acceptors (Lipinski definition) is 8. The number of aromatic hydroxyl groups is 1. The molecule has 0 aromatic heterocycles.